The SMILES string of the molecule is CCC.COC1COCCC1NC1CCC(C(=O)N2CCc3ncc(C(F)(F)F)cc3C2)C1. The second-order valence-electron chi connectivity index (χ2n) is 9.16. The van der Waals surface area contributed by atoms with E-state index in [1.807, 2.05) is 0 Å². The molecule has 3 heterocycles. The van der Waals surface area contributed by atoms with Crippen LogP contribution in [-0.2, 0) is 33.4 Å². The third kappa shape index (κ3) is 6.67. The zero-order valence-corrected chi connectivity index (χ0v) is 19.8. The summed E-state index contributed by atoms with van der Waals surface area (Å²) in [5.41, 5.74) is 0.398. The fourth-order valence-corrected chi connectivity index (χ4v) is 4.82. The van der Waals surface area contributed by atoms with Crippen LogP contribution in [0.5, 0.6) is 0 Å². The highest BCUT2D eigenvalue weighted by Crippen LogP contribution is 2.33. The molecule has 1 aromatic rings. The van der Waals surface area contributed by atoms with E-state index in [2.05, 4.69) is 24.1 Å². The number of ether oxygens (including phenoxy) is 2. The van der Waals surface area contributed by atoms with Gasteiger partial charge in [0.1, 0.15) is 0 Å². The molecule has 4 rings (SSSR count). The maximum atomic E-state index is 13.1. The van der Waals surface area contributed by atoms with Crippen molar-refractivity contribution in [3.63, 3.8) is 0 Å². The average Bonchev–Trinajstić information content (AvgIpc) is 3.26. The van der Waals surface area contributed by atoms with E-state index in [0.717, 1.165) is 37.9 Å². The van der Waals surface area contributed by atoms with Crippen LogP contribution in [0.4, 0.5) is 13.2 Å². The molecule has 4 atom stereocenters. The van der Waals surface area contributed by atoms with Crippen molar-refractivity contribution in [1.29, 1.82) is 0 Å². The molecule has 3 aliphatic rings. The molecule has 186 valence electrons. The topological polar surface area (TPSA) is 63.7 Å². The first-order chi connectivity index (χ1) is 15.8. The number of carbonyl (C=O) groups excluding carboxylic acids is 1. The van der Waals surface area contributed by atoms with Crippen LogP contribution in [0.1, 0.15) is 62.8 Å². The maximum Gasteiger partial charge on any atom is 0.417 e. The van der Waals surface area contributed by atoms with Gasteiger partial charge < -0.3 is 19.7 Å². The minimum atomic E-state index is -4.43. The Morgan fingerprint density at radius 2 is 2.06 bits per heavy atom. The van der Waals surface area contributed by atoms with Crippen LogP contribution >= 0.6 is 0 Å². The largest absolute Gasteiger partial charge is 0.417 e. The predicted molar refractivity (Wildman–Crippen MR) is 119 cm³/mol. The number of pyridine rings is 1. The Kier molecular flexibility index (Phi) is 9.12. The number of carbonyl (C=O) groups is 1. The van der Waals surface area contributed by atoms with E-state index < -0.39 is 11.7 Å². The summed E-state index contributed by atoms with van der Waals surface area (Å²) in [7, 11) is 1.68. The second kappa shape index (κ2) is 11.6. The third-order valence-electron chi connectivity index (χ3n) is 6.52. The van der Waals surface area contributed by atoms with Crippen molar-refractivity contribution < 1.29 is 27.4 Å². The van der Waals surface area contributed by atoms with Crippen LogP contribution in [0, 0.1) is 5.92 Å². The minimum Gasteiger partial charge on any atom is -0.379 e. The number of halogens is 3. The number of aromatic nitrogens is 1. The molecule has 1 N–H and O–H groups in total. The van der Waals surface area contributed by atoms with Gasteiger partial charge in [-0.25, -0.2) is 0 Å². The Labute approximate surface area is 194 Å². The average molecular weight is 472 g/mol. The lowest BCUT2D eigenvalue weighted by molar-refractivity contribution is -0.137. The van der Waals surface area contributed by atoms with Crippen LogP contribution in [0.15, 0.2) is 12.3 Å². The summed E-state index contributed by atoms with van der Waals surface area (Å²) in [5, 5.41) is 3.64. The monoisotopic (exact) mass is 471 g/mol. The first-order valence-electron chi connectivity index (χ1n) is 12.0. The highest BCUT2D eigenvalue weighted by Gasteiger charge is 2.37. The smallest absolute Gasteiger partial charge is 0.379 e. The van der Waals surface area contributed by atoms with Crippen molar-refractivity contribution in [2.24, 2.45) is 5.92 Å². The Morgan fingerprint density at radius 1 is 1.30 bits per heavy atom. The number of hydrogen-bond donors (Lipinski definition) is 1. The van der Waals surface area contributed by atoms with Gasteiger partial charge >= 0.3 is 6.18 Å². The zero-order valence-electron chi connectivity index (χ0n) is 19.8. The second-order valence-corrected chi connectivity index (χ2v) is 9.16. The van der Waals surface area contributed by atoms with Crippen molar-refractivity contribution in [3.05, 3.63) is 29.1 Å². The molecule has 0 spiro atoms. The van der Waals surface area contributed by atoms with Crippen LogP contribution < -0.4 is 5.32 Å². The molecular formula is C24H36F3N3O3. The molecule has 2 fully saturated rings. The number of nitrogens with zero attached hydrogens (tertiary/aromatic N) is 2. The van der Waals surface area contributed by atoms with Gasteiger partial charge in [-0.3, -0.25) is 9.78 Å². The highest BCUT2D eigenvalue weighted by atomic mass is 19.4. The lowest BCUT2D eigenvalue weighted by atomic mass is 10.00. The van der Waals surface area contributed by atoms with Gasteiger partial charge in [-0.05, 0) is 37.3 Å². The molecule has 1 saturated carbocycles. The first-order valence-corrected chi connectivity index (χ1v) is 12.0. The van der Waals surface area contributed by atoms with Gasteiger partial charge in [0.05, 0.1) is 18.3 Å². The number of alkyl halides is 3. The van der Waals surface area contributed by atoms with E-state index in [1.165, 1.54) is 6.42 Å². The molecule has 0 aromatic carbocycles. The van der Waals surface area contributed by atoms with E-state index in [4.69, 9.17) is 9.47 Å². The van der Waals surface area contributed by atoms with Crippen LogP contribution in [0.25, 0.3) is 0 Å². The minimum absolute atomic E-state index is 0.0161. The Hall–Kier alpha value is -1.71. The highest BCUT2D eigenvalue weighted by molar-refractivity contribution is 5.79. The predicted octanol–water partition coefficient (Wildman–Crippen LogP) is 3.96. The molecule has 1 aromatic heterocycles. The van der Waals surface area contributed by atoms with E-state index in [1.54, 1.807) is 12.0 Å². The Bertz CT molecular complexity index is 790. The summed E-state index contributed by atoms with van der Waals surface area (Å²) in [5.74, 6) is -0.0544. The number of methoxy groups -OCH3 is 1. The standard InChI is InChI=1S/C21H28F3N3O3.C3H8/c1-29-19-12-30-7-5-18(19)26-16-3-2-13(9-16)20(28)27-6-4-17-14(11-27)8-15(10-25-17)21(22,23)24;1-3-2/h8,10,13,16,18-19,26H,2-7,9,11-12H2,1H3;3H2,1-2H3. The molecule has 1 saturated heterocycles. The van der Waals surface area contributed by atoms with Crippen molar-refractivity contribution in [2.75, 3.05) is 26.9 Å². The number of fused-ring (bicyclic) bond motifs is 1. The molecule has 6 nitrogen and oxygen atoms in total. The van der Waals surface area contributed by atoms with E-state index in [9.17, 15) is 18.0 Å². The molecule has 0 radical (unpaired) electrons. The summed E-state index contributed by atoms with van der Waals surface area (Å²) in [6, 6.07) is 1.60. The zero-order chi connectivity index (χ0) is 24.0. The molecule has 1 aliphatic carbocycles. The van der Waals surface area contributed by atoms with Crippen molar-refractivity contribution >= 4 is 5.91 Å². The summed E-state index contributed by atoms with van der Waals surface area (Å²) in [6.45, 7) is 6.23. The Balaban J connectivity index is 0.000000968. The third-order valence-corrected chi connectivity index (χ3v) is 6.52. The van der Waals surface area contributed by atoms with Gasteiger partial charge in [-0.2, -0.15) is 13.2 Å². The normalized spacial score (nSPS) is 27.5. The van der Waals surface area contributed by atoms with Gasteiger partial charge in [0, 0.05) is 63.1 Å². The molecule has 2 aliphatic heterocycles. The number of rotatable bonds is 4. The van der Waals surface area contributed by atoms with Crippen molar-refractivity contribution in [3.8, 4) is 0 Å². The van der Waals surface area contributed by atoms with Crippen LogP contribution in [0.3, 0.4) is 0 Å². The van der Waals surface area contributed by atoms with Crippen molar-refractivity contribution in [1.82, 2.24) is 15.2 Å². The Morgan fingerprint density at radius 3 is 2.76 bits per heavy atom. The summed E-state index contributed by atoms with van der Waals surface area (Å²) in [6.07, 6.45) is 1.54. The van der Waals surface area contributed by atoms with E-state index in [0.29, 0.717) is 37.4 Å². The molecule has 1 amide bonds. The van der Waals surface area contributed by atoms with Crippen molar-refractivity contribution in [2.45, 2.75) is 83.3 Å². The lowest BCUT2D eigenvalue weighted by Crippen LogP contribution is -2.50. The summed E-state index contributed by atoms with van der Waals surface area (Å²) >= 11 is 0. The van der Waals surface area contributed by atoms with Gasteiger partial charge in [-0.1, -0.05) is 20.3 Å². The van der Waals surface area contributed by atoms with E-state index in [-0.39, 0.29) is 36.6 Å². The van der Waals surface area contributed by atoms with Gasteiger partial charge in [-0.15, -0.1) is 0 Å². The lowest BCUT2D eigenvalue weighted by Gasteiger charge is -2.33. The maximum absolute atomic E-state index is 13.1. The molecule has 33 heavy (non-hydrogen) atoms. The molecule has 4 unspecified atom stereocenters. The first kappa shape index (κ1) is 25.9. The van der Waals surface area contributed by atoms with Gasteiger partial charge in [0.2, 0.25) is 5.91 Å². The van der Waals surface area contributed by atoms with Gasteiger partial charge in [0.25, 0.3) is 0 Å². The van der Waals surface area contributed by atoms with Crippen LogP contribution in [-0.4, -0.2) is 60.8 Å². The fourth-order valence-electron chi connectivity index (χ4n) is 4.82. The van der Waals surface area contributed by atoms with E-state index >= 15 is 0 Å². The molecular weight excluding hydrogens is 435 g/mol. The number of hydrogen-bond acceptors (Lipinski definition) is 5. The van der Waals surface area contributed by atoms with Crippen LogP contribution in [0.2, 0.25) is 0 Å². The molecule has 9 heteroatoms. The quantitative estimate of drug-likeness (QED) is 0.720. The number of amides is 1. The summed E-state index contributed by atoms with van der Waals surface area (Å²) < 4.78 is 50.0. The molecule has 0 bridgehead atoms. The summed E-state index contributed by atoms with van der Waals surface area (Å²) in [4.78, 5) is 18.7. The van der Waals surface area contributed by atoms with Gasteiger partial charge in [0.15, 0.2) is 0 Å². The fraction of sp³-hybridized carbons (Fsp3) is 0.750. The number of nitrogens with one attached hydrogen (secondary N) is 1.